The standard InChI is InChI=1S/C23H22FN5O/c1-16-9-17(2)29(27-16)14-18-5-3-7-20(10-18)23(30)26-22-12-25-28(15-22)13-19-6-4-8-21(24)11-19/h3-12,15H,13-14H2,1-2H3,(H,26,30). The number of nitrogens with one attached hydrogen (secondary N) is 1. The molecule has 0 saturated heterocycles. The lowest BCUT2D eigenvalue weighted by molar-refractivity contribution is 0.102. The molecule has 6 nitrogen and oxygen atoms in total. The molecule has 0 aliphatic carbocycles. The second-order valence-corrected chi connectivity index (χ2v) is 7.30. The summed E-state index contributed by atoms with van der Waals surface area (Å²) in [7, 11) is 0. The van der Waals surface area contributed by atoms with Gasteiger partial charge in [-0.2, -0.15) is 10.2 Å². The molecule has 30 heavy (non-hydrogen) atoms. The smallest absolute Gasteiger partial charge is 0.255 e. The van der Waals surface area contributed by atoms with Crippen LogP contribution in [-0.2, 0) is 13.1 Å². The summed E-state index contributed by atoms with van der Waals surface area (Å²) in [5.74, 6) is -0.496. The predicted octanol–water partition coefficient (Wildman–Crippen LogP) is 4.18. The Kier molecular flexibility index (Phi) is 5.43. The number of hydrogen-bond acceptors (Lipinski definition) is 3. The average Bonchev–Trinajstić information content (AvgIpc) is 3.27. The average molecular weight is 403 g/mol. The molecule has 0 bridgehead atoms. The fourth-order valence-electron chi connectivity index (χ4n) is 3.36. The van der Waals surface area contributed by atoms with Crippen LogP contribution in [0.15, 0.2) is 67.0 Å². The van der Waals surface area contributed by atoms with E-state index < -0.39 is 0 Å². The molecular weight excluding hydrogens is 381 g/mol. The number of carbonyl (C=O) groups is 1. The van der Waals surface area contributed by atoms with Gasteiger partial charge in [0.15, 0.2) is 0 Å². The maximum Gasteiger partial charge on any atom is 0.255 e. The Bertz CT molecular complexity index is 1190. The van der Waals surface area contributed by atoms with Crippen LogP contribution in [0, 0.1) is 19.7 Å². The van der Waals surface area contributed by atoms with Crippen LogP contribution in [0.2, 0.25) is 0 Å². The van der Waals surface area contributed by atoms with Crippen molar-refractivity contribution in [2.24, 2.45) is 0 Å². The minimum atomic E-state index is -0.284. The molecule has 7 heteroatoms. The summed E-state index contributed by atoms with van der Waals surface area (Å²) in [6, 6.07) is 15.9. The molecule has 0 spiro atoms. The van der Waals surface area contributed by atoms with Gasteiger partial charge < -0.3 is 5.32 Å². The van der Waals surface area contributed by atoms with Crippen molar-refractivity contribution < 1.29 is 9.18 Å². The molecule has 2 heterocycles. The Balaban J connectivity index is 1.43. The monoisotopic (exact) mass is 403 g/mol. The van der Waals surface area contributed by atoms with E-state index in [9.17, 15) is 9.18 Å². The second-order valence-electron chi connectivity index (χ2n) is 7.30. The van der Waals surface area contributed by atoms with Crippen LogP contribution in [0.5, 0.6) is 0 Å². The first-order valence-electron chi connectivity index (χ1n) is 9.64. The Morgan fingerprint density at radius 1 is 1.03 bits per heavy atom. The molecule has 2 aromatic carbocycles. The van der Waals surface area contributed by atoms with E-state index >= 15 is 0 Å². The molecule has 0 atom stereocenters. The van der Waals surface area contributed by atoms with Gasteiger partial charge in [-0.3, -0.25) is 14.2 Å². The lowest BCUT2D eigenvalue weighted by Gasteiger charge is -2.07. The van der Waals surface area contributed by atoms with E-state index in [4.69, 9.17) is 0 Å². The minimum Gasteiger partial charge on any atom is -0.319 e. The number of hydrogen-bond donors (Lipinski definition) is 1. The first-order valence-corrected chi connectivity index (χ1v) is 9.64. The van der Waals surface area contributed by atoms with E-state index in [2.05, 4.69) is 15.5 Å². The van der Waals surface area contributed by atoms with E-state index in [-0.39, 0.29) is 11.7 Å². The van der Waals surface area contributed by atoms with E-state index in [0.717, 1.165) is 22.5 Å². The fourth-order valence-corrected chi connectivity index (χ4v) is 3.36. The molecule has 0 fully saturated rings. The van der Waals surface area contributed by atoms with E-state index in [1.54, 1.807) is 29.2 Å². The van der Waals surface area contributed by atoms with Crippen molar-refractivity contribution in [2.75, 3.05) is 5.32 Å². The predicted molar refractivity (Wildman–Crippen MR) is 113 cm³/mol. The molecule has 4 aromatic rings. The zero-order valence-corrected chi connectivity index (χ0v) is 16.8. The van der Waals surface area contributed by atoms with Crippen molar-refractivity contribution in [1.82, 2.24) is 19.6 Å². The van der Waals surface area contributed by atoms with E-state index in [1.807, 2.05) is 48.9 Å². The van der Waals surface area contributed by atoms with Gasteiger partial charge in [0.05, 0.1) is 30.7 Å². The SMILES string of the molecule is Cc1cc(C)n(Cc2cccc(C(=O)Nc3cnn(Cc4cccc(F)c4)c3)c2)n1. The van der Waals surface area contributed by atoms with Crippen molar-refractivity contribution >= 4 is 11.6 Å². The van der Waals surface area contributed by atoms with Gasteiger partial charge in [0.2, 0.25) is 0 Å². The number of rotatable bonds is 6. The number of benzene rings is 2. The van der Waals surface area contributed by atoms with Crippen LogP contribution in [0.3, 0.4) is 0 Å². The van der Waals surface area contributed by atoms with Crippen LogP contribution in [0.25, 0.3) is 0 Å². The molecule has 0 aliphatic rings. The quantitative estimate of drug-likeness (QED) is 0.525. The Hall–Kier alpha value is -3.74. The summed E-state index contributed by atoms with van der Waals surface area (Å²) >= 11 is 0. The summed E-state index contributed by atoms with van der Waals surface area (Å²) in [6.07, 6.45) is 3.31. The lowest BCUT2D eigenvalue weighted by atomic mass is 10.1. The molecule has 1 amide bonds. The van der Waals surface area contributed by atoms with Crippen LogP contribution in [0.4, 0.5) is 10.1 Å². The number of nitrogens with zero attached hydrogens (tertiary/aromatic N) is 4. The fraction of sp³-hybridized carbons (Fsp3) is 0.174. The van der Waals surface area contributed by atoms with Crippen molar-refractivity contribution in [3.63, 3.8) is 0 Å². The Morgan fingerprint density at radius 3 is 2.53 bits per heavy atom. The van der Waals surface area contributed by atoms with Gasteiger partial charge >= 0.3 is 0 Å². The number of anilines is 1. The highest BCUT2D eigenvalue weighted by Crippen LogP contribution is 2.14. The summed E-state index contributed by atoms with van der Waals surface area (Å²) in [5, 5.41) is 11.6. The normalized spacial score (nSPS) is 10.9. The molecule has 0 unspecified atom stereocenters. The van der Waals surface area contributed by atoms with Crippen molar-refractivity contribution in [3.8, 4) is 0 Å². The topological polar surface area (TPSA) is 64.7 Å². The summed E-state index contributed by atoms with van der Waals surface area (Å²) in [6.45, 7) is 5.00. The van der Waals surface area contributed by atoms with Crippen molar-refractivity contribution in [2.45, 2.75) is 26.9 Å². The summed E-state index contributed by atoms with van der Waals surface area (Å²) in [4.78, 5) is 12.7. The number of halogens is 1. The van der Waals surface area contributed by atoms with Crippen LogP contribution in [0.1, 0.15) is 32.9 Å². The molecule has 0 aliphatic heterocycles. The van der Waals surface area contributed by atoms with E-state index in [1.165, 1.54) is 12.1 Å². The first-order chi connectivity index (χ1) is 14.5. The first kappa shape index (κ1) is 19.6. The molecular formula is C23H22FN5O. The van der Waals surface area contributed by atoms with Crippen molar-refractivity contribution in [3.05, 3.63) is 101 Å². The lowest BCUT2D eigenvalue weighted by Crippen LogP contribution is -2.12. The maximum absolute atomic E-state index is 13.3. The zero-order chi connectivity index (χ0) is 21.1. The van der Waals surface area contributed by atoms with Gasteiger partial charge in [-0.15, -0.1) is 0 Å². The number of carbonyl (C=O) groups excluding carboxylic acids is 1. The highest BCUT2D eigenvalue weighted by atomic mass is 19.1. The minimum absolute atomic E-state index is 0.212. The highest BCUT2D eigenvalue weighted by Gasteiger charge is 2.10. The number of amides is 1. The van der Waals surface area contributed by atoms with Gasteiger partial charge in [0, 0.05) is 17.5 Å². The van der Waals surface area contributed by atoms with Gasteiger partial charge in [-0.05, 0) is 55.3 Å². The summed E-state index contributed by atoms with van der Waals surface area (Å²) in [5.41, 5.74) is 4.99. The van der Waals surface area contributed by atoms with Crippen LogP contribution >= 0.6 is 0 Å². The molecule has 152 valence electrons. The molecule has 4 rings (SSSR count). The van der Waals surface area contributed by atoms with Crippen molar-refractivity contribution in [1.29, 1.82) is 0 Å². The van der Waals surface area contributed by atoms with Gasteiger partial charge in [-0.1, -0.05) is 24.3 Å². The third kappa shape index (κ3) is 4.63. The maximum atomic E-state index is 13.3. The Morgan fingerprint density at radius 2 is 1.80 bits per heavy atom. The highest BCUT2D eigenvalue weighted by molar-refractivity contribution is 6.04. The van der Waals surface area contributed by atoms with Gasteiger partial charge in [0.25, 0.3) is 5.91 Å². The Labute approximate surface area is 174 Å². The molecule has 1 N–H and O–H groups in total. The van der Waals surface area contributed by atoms with Gasteiger partial charge in [-0.25, -0.2) is 4.39 Å². The number of aromatic nitrogens is 4. The zero-order valence-electron chi connectivity index (χ0n) is 16.8. The molecule has 0 radical (unpaired) electrons. The summed E-state index contributed by atoms with van der Waals surface area (Å²) < 4.78 is 16.9. The molecule has 2 aromatic heterocycles. The van der Waals surface area contributed by atoms with Gasteiger partial charge in [0.1, 0.15) is 5.82 Å². The largest absolute Gasteiger partial charge is 0.319 e. The third-order valence-corrected chi connectivity index (χ3v) is 4.75. The van der Waals surface area contributed by atoms with Crippen LogP contribution < -0.4 is 5.32 Å². The second kappa shape index (κ2) is 8.32. The van der Waals surface area contributed by atoms with E-state index in [0.29, 0.717) is 24.3 Å². The number of aryl methyl sites for hydroxylation is 2. The third-order valence-electron chi connectivity index (χ3n) is 4.75. The van der Waals surface area contributed by atoms with Crippen LogP contribution in [-0.4, -0.2) is 25.5 Å². The molecule has 0 saturated carbocycles.